The van der Waals surface area contributed by atoms with Crippen LogP contribution in [0, 0.1) is 0 Å². The van der Waals surface area contributed by atoms with Crippen LogP contribution in [0.15, 0.2) is 55.0 Å². The first-order valence-corrected chi connectivity index (χ1v) is 9.04. The second kappa shape index (κ2) is 6.55. The first kappa shape index (κ1) is 16.1. The third-order valence-corrected chi connectivity index (χ3v) is 5.14. The number of nitrogens with zero attached hydrogens (tertiary/aromatic N) is 3. The maximum atomic E-state index is 6.09. The molecule has 0 radical (unpaired) electrons. The van der Waals surface area contributed by atoms with E-state index in [0.717, 1.165) is 41.1 Å². The first-order valence-electron chi connectivity index (χ1n) is 9.04. The normalized spacial score (nSPS) is 17.5. The summed E-state index contributed by atoms with van der Waals surface area (Å²) in [5, 5.41) is 3.39. The fourth-order valence-electron chi connectivity index (χ4n) is 3.72. The summed E-state index contributed by atoms with van der Waals surface area (Å²) in [7, 11) is 1.69. The highest BCUT2D eigenvalue weighted by Gasteiger charge is 2.24. The lowest BCUT2D eigenvalue weighted by Gasteiger charge is -2.34. The number of aromatic amines is 1. The molecule has 1 saturated heterocycles. The van der Waals surface area contributed by atoms with Crippen LogP contribution in [-0.4, -0.2) is 41.8 Å². The molecule has 1 atom stereocenters. The minimum absolute atomic E-state index is 0.00853. The molecule has 5 rings (SSSR count). The summed E-state index contributed by atoms with van der Waals surface area (Å²) in [5.41, 5.74) is 2.04. The molecule has 4 aromatic rings. The molecule has 1 aliphatic heterocycles. The molecule has 6 heteroatoms. The molecule has 0 aliphatic carbocycles. The number of benzene rings is 2. The summed E-state index contributed by atoms with van der Waals surface area (Å²) in [5.74, 6) is 1.83. The topological polar surface area (TPSA) is 63.3 Å². The lowest BCUT2D eigenvalue weighted by molar-refractivity contribution is 0.0397. The van der Waals surface area contributed by atoms with Crippen LogP contribution in [0.2, 0.25) is 0 Å². The number of fused-ring (bicyclic) bond motifs is 2. The number of methoxy groups -OCH3 is 1. The molecule has 1 fully saturated rings. The highest BCUT2D eigenvalue weighted by atomic mass is 16.5. The first-order chi connectivity index (χ1) is 13.3. The predicted octanol–water partition coefficient (Wildman–Crippen LogP) is 3.70. The Balaban J connectivity index is 1.45. The van der Waals surface area contributed by atoms with Gasteiger partial charge in [-0.15, -0.1) is 0 Å². The van der Waals surface area contributed by atoms with Crippen molar-refractivity contribution < 1.29 is 9.47 Å². The lowest BCUT2D eigenvalue weighted by Crippen LogP contribution is -2.39. The van der Waals surface area contributed by atoms with Crippen molar-refractivity contribution in [2.75, 3.05) is 31.7 Å². The standard InChI is InChI=1S/C21H20N4O2/c1-26-17-5-4-14-10-16(3-2-15(14)11-17)19-12-25(8-9-27-19)21-18-6-7-22-20(18)23-13-24-21/h2-7,10-11,13,19H,8-9,12H2,1H3,(H,22,23,24). The molecule has 27 heavy (non-hydrogen) atoms. The summed E-state index contributed by atoms with van der Waals surface area (Å²) in [4.78, 5) is 14.2. The number of aromatic nitrogens is 3. The van der Waals surface area contributed by atoms with Crippen molar-refractivity contribution in [1.82, 2.24) is 15.0 Å². The molecule has 3 heterocycles. The molecule has 0 saturated carbocycles. The smallest absolute Gasteiger partial charge is 0.142 e. The largest absolute Gasteiger partial charge is 0.497 e. The van der Waals surface area contributed by atoms with E-state index in [1.807, 2.05) is 18.3 Å². The van der Waals surface area contributed by atoms with E-state index < -0.39 is 0 Å². The van der Waals surface area contributed by atoms with Crippen LogP contribution in [0.3, 0.4) is 0 Å². The van der Waals surface area contributed by atoms with Crippen molar-refractivity contribution >= 4 is 27.6 Å². The summed E-state index contributed by atoms with van der Waals surface area (Å²) in [6, 6.07) is 14.6. The quantitative estimate of drug-likeness (QED) is 0.604. The zero-order valence-corrected chi connectivity index (χ0v) is 15.1. The number of morpholine rings is 1. The highest BCUT2D eigenvalue weighted by Crippen LogP contribution is 2.31. The number of hydrogen-bond donors (Lipinski definition) is 1. The van der Waals surface area contributed by atoms with Gasteiger partial charge in [0.2, 0.25) is 0 Å². The third-order valence-electron chi connectivity index (χ3n) is 5.14. The van der Waals surface area contributed by atoms with Crippen LogP contribution < -0.4 is 9.64 Å². The van der Waals surface area contributed by atoms with E-state index in [-0.39, 0.29) is 6.10 Å². The lowest BCUT2D eigenvalue weighted by atomic mass is 10.0. The maximum Gasteiger partial charge on any atom is 0.142 e. The maximum absolute atomic E-state index is 6.09. The molecular weight excluding hydrogens is 340 g/mol. The van der Waals surface area contributed by atoms with Crippen LogP contribution in [0.1, 0.15) is 11.7 Å². The van der Waals surface area contributed by atoms with Gasteiger partial charge in [-0.1, -0.05) is 18.2 Å². The molecule has 2 aromatic heterocycles. The van der Waals surface area contributed by atoms with Gasteiger partial charge in [0.05, 0.1) is 19.1 Å². The third kappa shape index (κ3) is 2.88. The molecule has 6 nitrogen and oxygen atoms in total. The zero-order valence-electron chi connectivity index (χ0n) is 15.1. The number of rotatable bonds is 3. The number of nitrogens with one attached hydrogen (secondary N) is 1. The van der Waals surface area contributed by atoms with Gasteiger partial charge in [0.25, 0.3) is 0 Å². The molecule has 1 N–H and O–H groups in total. The summed E-state index contributed by atoms with van der Waals surface area (Å²) < 4.78 is 11.4. The zero-order chi connectivity index (χ0) is 18.2. The molecule has 2 aromatic carbocycles. The van der Waals surface area contributed by atoms with Crippen LogP contribution in [0.4, 0.5) is 5.82 Å². The van der Waals surface area contributed by atoms with Gasteiger partial charge in [-0.2, -0.15) is 0 Å². The number of hydrogen-bond acceptors (Lipinski definition) is 5. The fourth-order valence-corrected chi connectivity index (χ4v) is 3.72. The van der Waals surface area contributed by atoms with E-state index >= 15 is 0 Å². The van der Waals surface area contributed by atoms with Crippen LogP contribution in [0.25, 0.3) is 21.8 Å². The van der Waals surface area contributed by atoms with E-state index in [9.17, 15) is 0 Å². The van der Waals surface area contributed by atoms with Crippen molar-refractivity contribution in [3.8, 4) is 5.75 Å². The van der Waals surface area contributed by atoms with Crippen molar-refractivity contribution in [2.45, 2.75) is 6.10 Å². The van der Waals surface area contributed by atoms with Gasteiger partial charge >= 0.3 is 0 Å². The van der Waals surface area contributed by atoms with Crippen LogP contribution >= 0.6 is 0 Å². The van der Waals surface area contributed by atoms with Crippen LogP contribution in [0.5, 0.6) is 5.75 Å². The SMILES string of the molecule is COc1ccc2cc(C3CN(c4ncnc5[nH]ccc45)CCO3)ccc2c1. The van der Waals surface area contributed by atoms with Crippen molar-refractivity contribution in [3.63, 3.8) is 0 Å². The summed E-state index contributed by atoms with van der Waals surface area (Å²) in [6.45, 7) is 2.25. The van der Waals surface area contributed by atoms with Gasteiger partial charge in [-0.3, -0.25) is 0 Å². The van der Waals surface area contributed by atoms with Gasteiger partial charge < -0.3 is 19.4 Å². The monoisotopic (exact) mass is 360 g/mol. The Morgan fingerprint density at radius 2 is 2.00 bits per heavy atom. The summed E-state index contributed by atoms with van der Waals surface area (Å²) in [6.07, 6.45) is 3.52. The predicted molar refractivity (Wildman–Crippen MR) is 105 cm³/mol. The fraction of sp³-hybridized carbons (Fsp3) is 0.238. The van der Waals surface area contributed by atoms with Crippen molar-refractivity contribution in [1.29, 1.82) is 0 Å². The van der Waals surface area contributed by atoms with Crippen molar-refractivity contribution in [3.05, 3.63) is 60.6 Å². The second-order valence-corrected chi connectivity index (χ2v) is 6.72. The van der Waals surface area contributed by atoms with E-state index in [1.54, 1.807) is 13.4 Å². The van der Waals surface area contributed by atoms with Gasteiger partial charge in [-0.25, -0.2) is 9.97 Å². The van der Waals surface area contributed by atoms with Gasteiger partial charge in [-0.05, 0) is 40.6 Å². The van der Waals surface area contributed by atoms with Crippen molar-refractivity contribution in [2.24, 2.45) is 0 Å². The Hall–Kier alpha value is -3.12. The molecule has 1 aliphatic rings. The Bertz CT molecular complexity index is 1110. The Morgan fingerprint density at radius 3 is 2.93 bits per heavy atom. The Labute approximate surface area is 156 Å². The van der Waals surface area contributed by atoms with Gasteiger partial charge in [0.15, 0.2) is 0 Å². The van der Waals surface area contributed by atoms with E-state index in [2.05, 4.69) is 50.2 Å². The molecule has 0 amide bonds. The summed E-state index contributed by atoms with van der Waals surface area (Å²) >= 11 is 0. The number of H-pyrrole nitrogens is 1. The highest BCUT2D eigenvalue weighted by molar-refractivity contribution is 5.87. The second-order valence-electron chi connectivity index (χ2n) is 6.72. The van der Waals surface area contributed by atoms with E-state index in [0.29, 0.717) is 6.61 Å². The minimum Gasteiger partial charge on any atom is -0.497 e. The Kier molecular flexibility index (Phi) is 3.90. The molecule has 1 unspecified atom stereocenters. The van der Waals surface area contributed by atoms with Crippen LogP contribution in [-0.2, 0) is 4.74 Å². The number of anilines is 1. The molecule has 0 spiro atoms. The van der Waals surface area contributed by atoms with E-state index in [4.69, 9.17) is 9.47 Å². The molecule has 136 valence electrons. The average molecular weight is 360 g/mol. The average Bonchev–Trinajstić information content (AvgIpc) is 3.22. The van der Waals surface area contributed by atoms with Gasteiger partial charge in [0.1, 0.15) is 29.6 Å². The molecular formula is C21H20N4O2. The van der Waals surface area contributed by atoms with E-state index in [1.165, 1.54) is 10.9 Å². The van der Waals surface area contributed by atoms with Gasteiger partial charge in [0, 0.05) is 19.3 Å². The number of ether oxygens (including phenoxy) is 2. The Morgan fingerprint density at radius 1 is 1.11 bits per heavy atom. The molecule has 0 bridgehead atoms. The minimum atomic E-state index is 0.00853.